The normalized spacial score (nSPS) is 12.2. The van der Waals surface area contributed by atoms with E-state index in [0.717, 1.165) is 32.9 Å². The zero-order valence-corrected chi connectivity index (χ0v) is 18.6. The van der Waals surface area contributed by atoms with Crippen molar-refractivity contribution in [1.29, 1.82) is 0 Å². The lowest BCUT2D eigenvalue weighted by Gasteiger charge is -2.21. The second-order valence-electron chi connectivity index (χ2n) is 7.38. The number of benzene rings is 2. The molecular weight excluding hydrogens is 404 g/mol. The summed E-state index contributed by atoms with van der Waals surface area (Å²) in [7, 11) is 1.94. The van der Waals surface area contributed by atoms with Crippen molar-refractivity contribution in [2.45, 2.75) is 37.7 Å². The van der Waals surface area contributed by atoms with Crippen LogP contribution in [0.4, 0.5) is 0 Å². The van der Waals surface area contributed by atoms with Gasteiger partial charge in [-0.1, -0.05) is 67.0 Å². The van der Waals surface area contributed by atoms with E-state index in [9.17, 15) is 4.79 Å². The van der Waals surface area contributed by atoms with Crippen molar-refractivity contribution < 1.29 is 4.79 Å². The van der Waals surface area contributed by atoms with E-state index in [-0.39, 0.29) is 17.9 Å². The number of hydrogen-bond acceptors (Lipinski definition) is 4. The van der Waals surface area contributed by atoms with Gasteiger partial charge in [0.1, 0.15) is 0 Å². The van der Waals surface area contributed by atoms with E-state index in [0.29, 0.717) is 5.56 Å². The minimum atomic E-state index is -0.230. The molecule has 3 aromatic rings. The standard InChI is InChI=1S/C22H25ClN4OS/c1-14(2)19(24-21(28)17-9-5-15(3)6-10-17)20-25-26-22(27(20)4)29-13-16-7-11-18(23)12-8-16/h5-12,14,19H,13H2,1-4H3,(H,24,28)/t19-/m1/s1. The van der Waals surface area contributed by atoms with Crippen LogP contribution in [0.5, 0.6) is 0 Å². The third-order valence-corrected chi connectivity index (χ3v) is 6.04. The van der Waals surface area contributed by atoms with Crippen LogP contribution in [-0.4, -0.2) is 20.7 Å². The van der Waals surface area contributed by atoms with Gasteiger partial charge in [0.25, 0.3) is 5.91 Å². The topological polar surface area (TPSA) is 59.8 Å². The highest BCUT2D eigenvalue weighted by Crippen LogP contribution is 2.26. The number of nitrogens with one attached hydrogen (secondary N) is 1. The highest BCUT2D eigenvalue weighted by atomic mass is 35.5. The van der Waals surface area contributed by atoms with Crippen LogP contribution in [0.3, 0.4) is 0 Å². The van der Waals surface area contributed by atoms with Crippen LogP contribution in [0.15, 0.2) is 53.7 Å². The summed E-state index contributed by atoms with van der Waals surface area (Å²) in [6.45, 7) is 6.13. The van der Waals surface area contributed by atoms with Gasteiger partial charge in [0.05, 0.1) is 6.04 Å². The lowest BCUT2D eigenvalue weighted by atomic mass is 10.0. The van der Waals surface area contributed by atoms with Crippen LogP contribution in [0.25, 0.3) is 0 Å². The monoisotopic (exact) mass is 428 g/mol. The van der Waals surface area contributed by atoms with Crippen LogP contribution in [-0.2, 0) is 12.8 Å². The third-order valence-electron chi connectivity index (χ3n) is 4.69. The average Bonchev–Trinajstić information content (AvgIpc) is 3.06. The molecule has 0 aliphatic heterocycles. The van der Waals surface area contributed by atoms with Gasteiger partial charge in [0, 0.05) is 23.4 Å². The van der Waals surface area contributed by atoms with Crippen LogP contribution in [0, 0.1) is 12.8 Å². The Labute approximate surface area is 180 Å². The summed E-state index contributed by atoms with van der Waals surface area (Å²) in [5.41, 5.74) is 2.93. The number of halogens is 1. The predicted octanol–water partition coefficient (Wildman–Crippen LogP) is 5.20. The van der Waals surface area contributed by atoms with E-state index < -0.39 is 0 Å². The van der Waals surface area contributed by atoms with E-state index in [1.807, 2.05) is 67.1 Å². The van der Waals surface area contributed by atoms with Crippen molar-refractivity contribution in [3.8, 4) is 0 Å². The van der Waals surface area contributed by atoms with Crippen molar-refractivity contribution in [2.75, 3.05) is 0 Å². The molecule has 0 radical (unpaired) electrons. The third kappa shape index (κ3) is 5.40. The number of thioether (sulfide) groups is 1. The van der Waals surface area contributed by atoms with Crippen LogP contribution in [0.1, 0.15) is 47.2 Å². The molecule has 0 saturated heterocycles. The van der Waals surface area contributed by atoms with Gasteiger partial charge in [-0.15, -0.1) is 10.2 Å². The van der Waals surface area contributed by atoms with Crippen molar-refractivity contribution in [2.24, 2.45) is 13.0 Å². The van der Waals surface area contributed by atoms with Crippen molar-refractivity contribution in [3.05, 3.63) is 76.1 Å². The molecule has 7 heteroatoms. The molecule has 3 rings (SSSR count). The molecular formula is C22H25ClN4OS. The molecule has 0 spiro atoms. The molecule has 0 unspecified atom stereocenters. The number of aromatic nitrogens is 3. The van der Waals surface area contributed by atoms with Crippen LogP contribution in [0.2, 0.25) is 5.02 Å². The van der Waals surface area contributed by atoms with E-state index in [4.69, 9.17) is 11.6 Å². The molecule has 1 atom stereocenters. The average molecular weight is 429 g/mol. The van der Waals surface area contributed by atoms with Crippen LogP contribution >= 0.6 is 23.4 Å². The Kier molecular flexibility index (Phi) is 6.98. The summed E-state index contributed by atoms with van der Waals surface area (Å²) in [6.07, 6.45) is 0. The van der Waals surface area contributed by atoms with Gasteiger partial charge < -0.3 is 9.88 Å². The zero-order chi connectivity index (χ0) is 21.0. The van der Waals surface area contributed by atoms with Gasteiger partial charge in [-0.05, 0) is 42.7 Å². The van der Waals surface area contributed by atoms with E-state index >= 15 is 0 Å². The van der Waals surface area contributed by atoms with Gasteiger partial charge in [-0.3, -0.25) is 4.79 Å². The van der Waals surface area contributed by atoms with Gasteiger partial charge >= 0.3 is 0 Å². The number of carbonyl (C=O) groups excluding carboxylic acids is 1. The quantitative estimate of drug-likeness (QED) is 0.525. The number of hydrogen-bond donors (Lipinski definition) is 1. The summed E-state index contributed by atoms with van der Waals surface area (Å²) < 4.78 is 1.96. The predicted molar refractivity (Wildman–Crippen MR) is 118 cm³/mol. The molecule has 1 N–H and O–H groups in total. The number of nitrogens with zero attached hydrogens (tertiary/aromatic N) is 3. The molecule has 2 aromatic carbocycles. The lowest BCUT2D eigenvalue weighted by molar-refractivity contribution is 0.0922. The Hall–Kier alpha value is -2.31. The maximum atomic E-state index is 12.7. The van der Waals surface area contributed by atoms with Crippen molar-refractivity contribution in [3.63, 3.8) is 0 Å². The maximum Gasteiger partial charge on any atom is 0.251 e. The molecule has 0 saturated carbocycles. The highest BCUT2D eigenvalue weighted by molar-refractivity contribution is 7.98. The smallest absolute Gasteiger partial charge is 0.251 e. The Balaban J connectivity index is 1.73. The first kappa shape index (κ1) is 21.4. The molecule has 152 valence electrons. The minimum Gasteiger partial charge on any atom is -0.342 e. The Morgan fingerprint density at radius 3 is 2.38 bits per heavy atom. The van der Waals surface area contributed by atoms with Gasteiger partial charge in [-0.2, -0.15) is 0 Å². The fourth-order valence-electron chi connectivity index (χ4n) is 2.91. The van der Waals surface area contributed by atoms with Gasteiger partial charge in [0.2, 0.25) is 0 Å². The van der Waals surface area contributed by atoms with Gasteiger partial charge in [-0.25, -0.2) is 0 Å². The SMILES string of the molecule is Cc1ccc(C(=O)N[C@@H](c2nnc(SCc3ccc(Cl)cc3)n2C)C(C)C)cc1. The summed E-state index contributed by atoms with van der Waals surface area (Å²) in [6, 6.07) is 15.1. The molecule has 1 aromatic heterocycles. The summed E-state index contributed by atoms with van der Waals surface area (Å²) >= 11 is 7.55. The zero-order valence-electron chi connectivity index (χ0n) is 17.0. The fourth-order valence-corrected chi connectivity index (χ4v) is 3.91. The van der Waals surface area contributed by atoms with E-state index in [1.54, 1.807) is 11.8 Å². The maximum absolute atomic E-state index is 12.7. The lowest BCUT2D eigenvalue weighted by Crippen LogP contribution is -2.33. The first-order chi connectivity index (χ1) is 13.8. The molecule has 1 amide bonds. The molecule has 0 aliphatic rings. The summed E-state index contributed by atoms with van der Waals surface area (Å²) in [5.74, 6) is 1.58. The van der Waals surface area contributed by atoms with Gasteiger partial charge in [0.15, 0.2) is 11.0 Å². The number of rotatable bonds is 7. The molecule has 0 aliphatic carbocycles. The van der Waals surface area contributed by atoms with Crippen LogP contribution < -0.4 is 5.32 Å². The van der Waals surface area contributed by atoms with Crippen molar-refractivity contribution >= 4 is 29.3 Å². The minimum absolute atomic E-state index is 0.109. The molecule has 29 heavy (non-hydrogen) atoms. The molecule has 5 nitrogen and oxygen atoms in total. The molecule has 0 fully saturated rings. The summed E-state index contributed by atoms with van der Waals surface area (Å²) in [4.78, 5) is 12.7. The highest BCUT2D eigenvalue weighted by Gasteiger charge is 2.25. The van der Waals surface area contributed by atoms with E-state index in [1.165, 1.54) is 0 Å². The fraction of sp³-hybridized carbons (Fsp3) is 0.318. The molecule has 1 heterocycles. The van der Waals surface area contributed by atoms with E-state index in [2.05, 4.69) is 29.4 Å². The number of aryl methyl sites for hydroxylation is 1. The Morgan fingerprint density at radius 1 is 1.10 bits per heavy atom. The Morgan fingerprint density at radius 2 is 1.76 bits per heavy atom. The Bertz CT molecular complexity index is 967. The van der Waals surface area contributed by atoms with Crippen molar-refractivity contribution in [1.82, 2.24) is 20.1 Å². The first-order valence-corrected chi connectivity index (χ1v) is 10.9. The largest absolute Gasteiger partial charge is 0.342 e. The second kappa shape index (κ2) is 9.46. The molecule has 0 bridgehead atoms. The summed E-state index contributed by atoms with van der Waals surface area (Å²) in [5, 5.41) is 13.4. The second-order valence-corrected chi connectivity index (χ2v) is 8.76. The first-order valence-electron chi connectivity index (χ1n) is 9.49. The number of amides is 1. The number of carbonyl (C=O) groups is 1.